The zero-order chi connectivity index (χ0) is 17.8. The highest BCUT2D eigenvalue weighted by Crippen LogP contribution is 2.22. The fraction of sp³-hybridized carbons (Fsp3) is 0.0952. The third kappa shape index (κ3) is 4.04. The van der Waals surface area contributed by atoms with E-state index in [0.717, 1.165) is 16.7 Å². The molecule has 126 valence electrons. The smallest absolute Gasteiger partial charge is 0.251 e. The van der Waals surface area contributed by atoms with Crippen LogP contribution in [0.15, 0.2) is 66.7 Å². The van der Waals surface area contributed by atoms with E-state index in [2.05, 4.69) is 48.6 Å². The summed E-state index contributed by atoms with van der Waals surface area (Å²) in [5.74, 6) is -1.39. The molecular formula is C21H19FN2O. The molecule has 0 aliphatic heterocycles. The molecule has 0 aliphatic carbocycles. The van der Waals surface area contributed by atoms with Gasteiger partial charge in [0.2, 0.25) is 0 Å². The summed E-state index contributed by atoms with van der Waals surface area (Å²) in [5.41, 5.74) is 10.2. The molecule has 3 aromatic carbocycles. The Morgan fingerprint density at radius 3 is 2.44 bits per heavy atom. The first kappa shape index (κ1) is 16.7. The van der Waals surface area contributed by atoms with Crippen molar-refractivity contribution in [3.05, 3.63) is 89.2 Å². The minimum Gasteiger partial charge on any atom is -0.381 e. The van der Waals surface area contributed by atoms with Gasteiger partial charge in [0.05, 0.1) is 5.56 Å². The minimum atomic E-state index is -0.769. The quantitative estimate of drug-likeness (QED) is 0.721. The van der Waals surface area contributed by atoms with Gasteiger partial charge in [0.15, 0.2) is 0 Å². The normalized spacial score (nSPS) is 10.5. The van der Waals surface area contributed by atoms with Crippen LogP contribution in [0.3, 0.4) is 0 Å². The molecule has 0 heterocycles. The van der Waals surface area contributed by atoms with E-state index < -0.39 is 11.7 Å². The topological polar surface area (TPSA) is 55.1 Å². The molecule has 0 unspecified atom stereocenters. The lowest BCUT2D eigenvalue weighted by Gasteiger charge is -2.10. The number of hydrogen-bond acceptors (Lipinski definition) is 2. The maximum Gasteiger partial charge on any atom is 0.251 e. The summed E-state index contributed by atoms with van der Waals surface area (Å²) in [7, 11) is 0. The third-order valence-electron chi connectivity index (χ3n) is 4.04. The van der Waals surface area contributed by atoms with E-state index in [4.69, 9.17) is 5.73 Å². The molecule has 1 amide bonds. The molecule has 3 N–H and O–H groups in total. The number of carbonyl (C=O) groups is 1. The fourth-order valence-corrected chi connectivity index (χ4v) is 2.64. The van der Waals surface area contributed by atoms with Gasteiger partial charge in [-0.25, -0.2) is 4.39 Å². The van der Waals surface area contributed by atoms with Crippen LogP contribution in [0.5, 0.6) is 0 Å². The van der Waals surface area contributed by atoms with Crippen molar-refractivity contribution in [3.8, 4) is 11.1 Å². The Bertz CT molecular complexity index is 904. The molecule has 0 fully saturated rings. The van der Waals surface area contributed by atoms with Crippen LogP contribution < -0.4 is 11.1 Å². The number of nitrogens with two attached hydrogens (primary N) is 1. The van der Waals surface area contributed by atoms with Crippen molar-refractivity contribution in [2.75, 3.05) is 5.32 Å². The number of amides is 1. The van der Waals surface area contributed by atoms with Crippen molar-refractivity contribution in [1.29, 1.82) is 0 Å². The number of hydrogen-bond donors (Lipinski definition) is 2. The molecule has 0 spiro atoms. The van der Waals surface area contributed by atoms with E-state index in [-0.39, 0.29) is 5.56 Å². The van der Waals surface area contributed by atoms with Gasteiger partial charge in [-0.1, -0.05) is 48.0 Å². The average Bonchev–Trinajstić information content (AvgIpc) is 2.60. The van der Waals surface area contributed by atoms with Crippen LogP contribution in [-0.2, 0) is 6.54 Å². The SMILES string of the molecule is Cc1ccc(-c2cccc(CNc3ccc(C(N)=O)c(F)c3)c2)cc1. The average molecular weight is 334 g/mol. The van der Waals surface area contributed by atoms with Crippen molar-refractivity contribution in [1.82, 2.24) is 0 Å². The minimum absolute atomic E-state index is 0.105. The second-order valence-electron chi connectivity index (χ2n) is 5.98. The molecule has 4 heteroatoms. The van der Waals surface area contributed by atoms with Crippen LogP contribution in [0.1, 0.15) is 21.5 Å². The van der Waals surface area contributed by atoms with E-state index in [1.54, 1.807) is 6.07 Å². The molecule has 0 saturated heterocycles. The van der Waals surface area contributed by atoms with Crippen molar-refractivity contribution < 1.29 is 9.18 Å². The van der Waals surface area contributed by atoms with Crippen molar-refractivity contribution in [2.45, 2.75) is 13.5 Å². The number of anilines is 1. The number of primary amides is 1. The van der Waals surface area contributed by atoms with E-state index in [9.17, 15) is 9.18 Å². The number of nitrogens with one attached hydrogen (secondary N) is 1. The van der Waals surface area contributed by atoms with Gasteiger partial charge in [-0.05, 0) is 47.9 Å². The fourth-order valence-electron chi connectivity index (χ4n) is 2.64. The second-order valence-corrected chi connectivity index (χ2v) is 5.98. The first-order valence-corrected chi connectivity index (χ1v) is 8.02. The van der Waals surface area contributed by atoms with Crippen molar-refractivity contribution in [2.24, 2.45) is 5.73 Å². The molecule has 3 rings (SSSR count). The first-order valence-electron chi connectivity index (χ1n) is 8.02. The van der Waals surface area contributed by atoms with Crippen molar-refractivity contribution >= 4 is 11.6 Å². The number of halogens is 1. The van der Waals surface area contributed by atoms with Gasteiger partial charge < -0.3 is 11.1 Å². The zero-order valence-corrected chi connectivity index (χ0v) is 13.9. The van der Waals surface area contributed by atoms with Crippen LogP contribution in [-0.4, -0.2) is 5.91 Å². The maximum absolute atomic E-state index is 13.8. The van der Waals surface area contributed by atoms with E-state index in [0.29, 0.717) is 12.2 Å². The Balaban J connectivity index is 1.73. The van der Waals surface area contributed by atoms with Crippen LogP contribution in [0.25, 0.3) is 11.1 Å². The summed E-state index contributed by atoms with van der Waals surface area (Å²) < 4.78 is 13.8. The van der Waals surface area contributed by atoms with Gasteiger partial charge in [0.25, 0.3) is 5.91 Å². The summed E-state index contributed by atoms with van der Waals surface area (Å²) in [6.07, 6.45) is 0. The molecule has 0 atom stereocenters. The Hall–Kier alpha value is -3.14. The third-order valence-corrected chi connectivity index (χ3v) is 4.04. The van der Waals surface area contributed by atoms with Gasteiger partial charge in [-0.2, -0.15) is 0 Å². The largest absolute Gasteiger partial charge is 0.381 e. The number of benzene rings is 3. The standard InChI is InChI=1S/C21H19FN2O/c1-14-5-7-16(8-6-14)17-4-2-3-15(11-17)13-24-18-9-10-19(21(23)25)20(22)12-18/h2-12,24H,13H2,1H3,(H2,23,25). The Morgan fingerprint density at radius 2 is 1.76 bits per heavy atom. The molecule has 3 aromatic rings. The van der Waals surface area contributed by atoms with Gasteiger partial charge in [0.1, 0.15) is 5.82 Å². The molecule has 0 radical (unpaired) electrons. The van der Waals surface area contributed by atoms with Gasteiger partial charge >= 0.3 is 0 Å². The molecule has 0 aromatic heterocycles. The highest BCUT2D eigenvalue weighted by molar-refractivity contribution is 5.93. The molecule has 0 aliphatic rings. The monoisotopic (exact) mass is 334 g/mol. The molecule has 0 bridgehead atoms. The van der Waals surface area contributed by atoms with Gasteiger partial charge in [-0.3, -0.25) is 4.79 Å². The van der Waals surface area contributed by atoms with E-state index in [1.165, 1.54) is 17.7 Å². The molecular weight excluding hydrogens is 315 g/mol. The molecule has 3 nitrogen and oxygen atoms in total. The Kier molecular flexibility index (Phi) is 4.80. The Morgan fingerprint density at radius 1 is 1.00 bits per heavy atom. The highest BCUT2D eigenvalue weighted by atomic mass is 19.1. The van der Waals surface area contributed by atoms with Gasteiger partial charge in [-0.15, -0.1) is 0 Å². The van der Waals surface area contributed by atoms with Crippen LogP contribution in [0, 0.1) is 12.7 Å². The van der Waals surface area contributed by atoms with Crippen LogP contribution in [0.4, 0.5) is 10.1 Å². The highest BCUT2D eigenvalue weighted by Gasteiger charge is 2.08. The molecule has 25 heavy (non-hydrogen) atoms. The summed E-state index contributed by atoms with van der Waals surface area (Å²) in [5, 5.41) is 3.16. The number of rotatable bonds is 5. The number of aryl methyl sites for hydroxylation is 1. The summed E-state index contributed by atoms with van der Waals surface area (Å²) in [6, 6.07) is 20.9. The van der Waals surface area contributed by atoms with E-state index >= 15 is 0 Å². The lowest BCUT2D eigenvalue weighted by Crippen LogP contribution is -2.13. The van der Waals surface area contributed by atoms with Crippen molar-refractivity contribution in [3.63, 3.8) is 0 Å². The van der Waals surface area contributed by atoms with Crippen LogP contribution in [0.2, 0.25) is 0 Å². The predicted molar refractivity (Wildman–Crippen MR) is 98.9 cm³/mol. The van der Waals surface area contributed by atoms with E-state index in [1.807, 2.05) is 12.1 Å². The Labute approximate surface area is 146 Å². The first-order chi connectivity index (χ1) is 12.0. The zero-order valence-electron chi connectivity index (χ0n) is 13.9. The van der Waals surface area contributed by atoms with Gasteiger partial charge in [0, 0.05) is 12.2 Å². The van der Waals surface area contributed by atoms with Crippen LogP contribution >= 0.6 is 0 Å². The lowest BCUT2D eigenvalue weighted by atomic mass is 10.0. The maximum atomic E-state index is 13.8. The summed E-state index contributed by atoms with van der Waals surface area (Å²) in [4.78, 5) is 11.1. The number of carbonyl (C=O) groups excluding carboxylic acids is 1. The molecule has 0 saturated carbocycles. The predicted octanol–water partition coefficient (Wildman–Crippen LogP) is 4.51. The second kappa shape index (κ2) is 7.18. The summed E-state index contributed by atoms with van der Waals surface area (Å²) in [6.45, 7) is 2.61. The summed E-state index contributed by atoms with van der Waals surface area (Å²) >= 11 is 0. The lowest BCUT2D eigenvalue weighted by molar-refractivity contribution is 0.0996.